The Morgan fingerprint density at radius 3 is 2.81 bits per heavy atom. The maximum atomic E-state index is 11.3. The number of carbonyl (C=O) groups is 1. The number of methoxy groups -OCH3 is 2. The fraction of sp³-hybridized carbons (Fsp3) is 0.909. The largest absolute Gasteiger partial charge is 0.456 e. The van der Waals surface area contributed by atoms with Crippen LogP contribution in [0.3, 0.4) is 0 Å². The Bertz CT molecular complexity index is 315. The lowest BCUT2D eigenvalue weighted by atomic mass is 9.79. The van der Waals surface area contributed by atoms with Gasteiger partial charge in [-0.25, -0.2) is 0 Å². The van der Waals surface area contributed by atoms with Crippen molar-refractivity contribution in [2.75, 3.05) is 14.2 Å². The SMILES string of the molecule is CO[C@@H]1[C@H](OC)CC23C[C@H]1OC2CC(=O)O3. The van der Waals surface area contributed by atoms with Gasteiger partial charge in [-0.2, -0.15) is 0 Å². The van der Waals surface area contributed by atoms with E-state index in [4.69, 9.17) is 18.9 Å². The summed E-state index contributed by atoms with van der Waals surface area (Å²) in [5.41, 5.74) is -0.447. The normalized spacial score (nSPS) is 50.2. The molecule has 5 nitrogen and oxygen atoms in total. The van der Waals surface area contributed by atoms with E-state index in [1.807, 2.05) is 0 Å². The lowest BCUT2D eigenvalue weighted by Crippen LogP contribution is -2.50. The smallest absolute Gasteiger partial charge is 0.309 e. The van der Waals surface area contributed by atoms with Gasteiger partial charge in [0.25, 0.3) is 0 Å². The van der Waals surface area contributed by atoms with Gasteiger partial charge in [0.15, 0.2) is 0 Å². The van der Waals surface area contributed by atoms with Crippen LogP contribution in [0, 0.1) is 0 Å². The molecule has 2 aliphatic heterocycles. The number of ether oxygens (including phenoxy) is 4. The van der Waals surface area contributed by atoms with E-state index in [1.54, 1.807) is 14.2 Å². The first-order valence-corrected chi connectivity index (χ1v) is 5.61. The molecule has 2 saturated heterocycles. The highest BCUT2D eigenvalue weighted by atomic mass is 16.6. The van der Waals surface area contributed by atoms with Crippen LogP contribution in [0.5, 0.6) is 0 Å². The molecule has 5 heteroatoms. The molecule has 0 N–H and O–H groups in total. The van der Waals surface area contributed by atoms with Crippen LogP contribution < -0.4 is 0 Å². The van der Waals surface area contributed by atoms with Crippen LogP contribution in [-0.4, -0.2) is 50.2 Å². The van der Waals surface area contributed by atoms with E-state index >= 15 is 0 Å². The molecule has 1 saturated carbocycles. The minimum atomic E-state index is -0.447. The average molecular weight is 228 g/mol. The maximum Gasteiger partial charge on any atom is 0.309 e. The summed E-state index contributed by atoms with van der Waals surface area (Å²) in [4.78, 5) is 11.3. The highest BCUT2D eigenvalue weighted by Gasteiger charge is 2.63. The molecule has 2 unspecified atom stereocenters. The number of hydrogen-bond donors (Lipinski definition) is 0. The van der Waals surface area contributed by atoms with Gasteiger partial charge >= 0.3 is 5.97 Å². The number of fused-ring (bicyclic) bond motifs is 1. The van der Waals surface area contributed by atoms with Gasteiger partial charge in [0.2, 0.25) is 0 Å². The predicted octanol–water partition coefficient (Wildman–Crippen LogP) is 0.263. The van der Waals surface area contributed by atoms with Crippen LogP contribution >= 0.6 is 0 Å². The Kier molecular flexibility index (Phi) is 2.24. The van der Waals surface area contributed by atoms with E-state index < -0.39 is 5.60 Å². The van der Waals surface area contributed by atoms with Gasteiger partial charge in [0.1, 0.15) is 17.8 Å². The third-order valence-corrected chi connectivity index (χ3v) is 4.00. The van der Waals surface area contributed by atoms with Gasteiger partial charge in [0.05, 0.1) is 18.6 Å². The molecule has 0 amide bonds. The van der Waals surface area contributed by atoms with Gasteiger partial charge in [0, 0.05) is 27.1 Å². The average Bonchev–Trinajstić information content (AvgIpc) is 2.66. The van der Waals surface area contributed by atoms with Crippen molar-refractivity contribution in [2.24, 2.45) is 0 Å². The van der Waals surface area contributed by atoms with Crippen LogP contribution in [-0.2, 0) is 23.7 Å². The lowest BCUT2D eigenvalue weighted by molar-refractivity contribution is -0.162. The predicted molar refractivity (Wildman–Crippen MR) is 52.9 cm³/mol. The summed E-state index contributed by atoms with van der Waals surface area (Å²) in [7, 11) is 3.32. The zero-order valence-electron chi connectivity index (χ0n) is 9.47. The third-order valence-electron chi connectivity index (χ3n) is 4.00. The molecule has 1 aliphatic carbocycles. The Morgan fingerprint density at radius 1 is 1.31 bits per heavy atom. The number of hydrogen-bond acceptors (Lipinski definition) is 5. The van der Waals surface area contributed by atoms with Crippen LogP contribution in [0.15, 0.2) is 0 Å². The molecular weight excluding hydrogens is 212 g/mol. The van der Waals surface area contributed by atoms with E-state index in [1.165, 1.54) is 0 Å². The second kappa shape index (κ2) is 3.42. The quantitative estimate of drug-likeness (QED) is 0.635. The third kappa shape index (κ3) is 1.25. The summed E-state index contributed by atoms with van der Waals surface area (Å²) in [6.45, 7) is 0. The first-order chi connectivity index (χ1) is 7.68. The Labute approximate surface area is 94.0 Å². The van der Waals surface area contributed by atoms with Crippen molar-refractivity contribution in [1.29, 1.82) is 0 Å². The zero-order chi connectivity index (χ0) is 11.3. The van der Waals surface area contributed by atoms with E-state index in [-0.39, 0.29) is 30.4 Å². The van der Waals surface area contributed by atoms with Gasteiger partial charge < -0.3 is 18.9 Å². The first-order valence-electron chi connectivity index (χ1n) is 5.61. The van der Waals surface area contributed by atoms with Gasteiger partial charge in [-0.3, -0.25) is 4.79 Å². The van der Waals surface area contributed by atoms with Crippen LogP contribution in [0.25, 0.3) is 0 Å². The monoisotopic (exact) mass is 228 g/mol. The summed E-state index contributed by atoms with van der Waals surface area (Å²) >= 11 is 0. The summed E-state index contributed by atoms with van der Waals surface area (Å²) in [6, 6.07) is 0. The molecule has 5 atom stereocenters. The second-order valence-corrected chi connectivity index (χ2v) is 4.79. The van der Waals surface area contributed by atoms with Crippen LogP contribution in [0.2, 0.25) is 0 Å². The van der Waals surface area contributed by atoms with Crippen LogP contribution in [0.1, 0.15) is 19.3 Å². The molecule has 2 bridgehead atoms. The molecule has 3 fully saturated rings. The molecule has 0 aromatic carbocycles. The first kappa shape index (κ1) is 10.5. The topological polar surface area (TPSA) is 54.0 Å². The fourth-order valence-corrected chi connectivity index (χ4v) is 3.28. The van der Waals surface area contributed by atoms with Crippen molar-refractivity contribution >= 4 is 5.97 Å². The van der Waals surface area contributed by atoms with E-state index in [9.17, 15) is 4.79 Å². The fourth-order valence-electron chi connectivity index (χ4n) is 3.28. The van der Waals surface area contributed by atoms with E-state index in [0.29, 0.717) is 12.8 Å². The van der Waals surface area contributed by atoms with Crippen molar-refractivity contribution in [1.82, 2.24) is 0 Å². The summed E-state index contributed by atoms with van der Waals surface area (Å²) in [5, 5.41) is 0. The Balaban J connectivity index is 1.88. The molecule has 90 valence electrons. The standard InChI is InChI=1S/C11H16O5/c1-13-6-4-11-5-7(10(6)14-2)15-8(11)3-9(12)16-11/h6-8,10H,3-5H2,1-2H3/t6-,7-,8?,10-,11?/m1/s1. The van der Waals surface area contributed by atoms with Gasteiger partial charge in [-0.05, 0) is 0 Å². The summed E-state index contributed by atoms with van der Waals surface area (Å²) in [5.74, 6) is -0.158. The minimum Gasteiger partial charge on any atom is -0.456 e. The van der Waals surface area contributed by atoms with E-state index in [2.05, 4.69) is 0 Å². The minimum absolute atomic E-state index is 0.0122. The molecule has 0 aromatic rings. The van der Waals surface area contributed by atoms with E-state index in [0.717, 1.165) is 6.42 Å². The molecule has 3 rings (SSSR count). The Hall–Kier alpha value is -0.650. The Morgan fingerprint density at radius 2 is 2.12 bits per heavy atom. The highest BCUT2D eigenvalue weighted by molar-refractivity contribution is 5.73. The molecule has 1 spiro atoms. The van der Waals surface area contributed by atoms with Gasteiger partial charge in [-0.1, -0.05) is 0 Å². The molecule has 2 heterocycles. The second-order valence-electron chi connectivity index (χ2n) is 4.79. The molecule has 16 heavy (non-hydrogen) atoms. The molecule has 0 aromatic heterocycles. The summed E-state index contributed by atoms with van der Waals surface area (Å²) in [6.07, 6.45) is 1.55. The van der Waals surface area contributed by atoms with Crippen molar-refractivity contribution in [3.63, 3.8) is 0 Å². The number of carbonyl (C=O) groups excluding carboxylic acids is 1. The van der Waals surface area contributed by atoms with Crippen molar-refractivity contribution in [2.45, 2.75) is 49.3 Å². The number of esters is 1. The van der Waals surface area contributed by atoms with Crippen molar-refractivity contribution in [3.8, 4) is 0 Å². The van der Waals surface area contributed by atoms with Gasteiger partial charge in [-0.15, -0.1) is 0 Å². The highest BCUT2D eigenvalue weighted by Crippen LogP contribution is 2.50. The molecule has 3 aliphatic rings. The summed E-state index contributed by atoms with van der Waals surface area (Å²) < 4.78 is 22.2. The van der Waals surface area contributed by atoms with Crippen LogP contribution in [0.4, 0.5) is 0 Å². The van der Waals surface area contributed by atoms with Crippen molar-refractivity contribution < 1.29 is 23.7 Å². The number of rotatable bonds is 2. The molecular formula is C11H16O5. The lowest BCUT2D eigenvalue weighted by Gasteiger charge is -2.38. The zero-order valence-corrected chi connectivity index (χ0v) is 9.47. The maximum absolute atomic E-state index is 11.3. The molecule has 0 radical (unpaired) electrons. The van der Waals surface area contributed by atoms with Crippen molar-refractivity contribution in [3.05, 3.63) is 0 Å².